The van der Waals surface area contributed by atoms with Crippen molar-refractivity contribution in [3.05, 3.63) is 29.3 Å². The first-order valence-corrected chi connectivity index (χ1v) is 7.29. The molecule has 0 aliphatic rings. The topological polar surface area (TPSA) is 98.5 Å². The largest absolute Gasteiger partial charge is 0.465 e. The highest BCUT2D eigenvalue weighted by atomic mass is 35.5. The number of methoxy groups -OCH3 is 1. The van der Waals surface area contributed by atoms with Gasteiger partial charge in [-0.1, -0.05) is 0 Å². The second kappa shape index (κ2) is 8.21. The predicted molar refractivity (Wildman–Crippen MR) is 78.6 cm³/mol. The van der Waals surface area contributed by atoms with Crippen molar-refractivity contribution in [2.45, 2.75) is 18.2 Å². The number of sulfonamides is 1. The quantitative estimate of drug-likeness (QED) is 0.597. The van der Waals surface area contributed by atoms with Crippen molar-refractivity contribution < 1.29 is 17.9 Å². The summed E-state index contributed by atoms with van der Waals surface area (Å²) in [5.74, 6) is -0.488. The van der Waals surface area contributed by atoms with Gasteiger partial charge < -0.3 is 10.5 Å². The molecule has 0 atom stereocenters. The van der Waals surface area contributed by atoms with E-state index in [4.69, 9.17) is 5.73 Å². The minimum absolute atomic E-state index is 0. The number of carbonyl (C=O) groups is 1. The molecule has 1 rings (SSSR count). The van der Waals surface area contributed by atoms with Crippen LogP contribution in [0.15, 0.2) is 23.1 Å². The predicted octanol–water partition coefficient (Wildman–Crippen LogP) is 0.831. The fourth-order valence-electron chi connectivity index (χ4n) is 1.53. The van der Waals surface area contributed by atoms with Crippen molar-refractivity contribution in [2.24, 2.45) is 5.73 Å². The van der Waals surface area contributed by atoms with Gasteiger partial charge in [0, 0.05) is 6.54 Å². The zero-order valence-electron chi connectivity index (χ0n) is 11.4. The highest BCUT2D eigenvalue weighted by molar-refractivity contribution is 7.89. The number of esters is 1. The number of nitrogens with two attached hydrogens (primary N) is 1. The van der Waals surface area contributed by atoms with Crippen LogP contribution in [0.4, 0.5) is 0 Å². The number of halogens is 1. The maximum atomic E-state index is 11.9. The van der Waals surface area contributed by atoms with Gasteiger partial charge >= 0.3 is 5.97 Å². The Bertz CT molecular complexity index is 561. The molecule has 1 aromatic carbocycles. The van der Waals surface area contributed by atoms with Crippen LogP contribution in [0.25, 0.3) is 0 Å². The van der Waals surface area contributed by atoms with Crippen molar-refractivity contribution in [3.8, 4) is 0 Å². The molecule has 0 aliphatic heterocycles. The van der Waals surface area contributed by atoms with Gasteiger partial charge in [0.2, 0.25) is 10.0 Å². The Balaban J connectivity index is 0.00000361. The lowest BCUT2D eigenvalue weighted by Crippen LogP contribution is -2.26. The van der Waals surface area contributed by atoms with Crippen LogP contribution in [-0.4, -0.2) is 34.6 Å². The molecule has 1 aromatic rings. The highest BCUT2D eigenvalue weighted by Gasteiger charge is 2.16. The lowest BCUT2D eigenvalue weighted by Gasteiger charge is -2.09. The molecule has 20 heavy (non-hydrogen) atoms. The van der Waals surface area contributed by atoms with Crippen LogP contribution in [0.2, 0.25) is 0 Å². The monoisotopic (exact) mass is 322 g/mol. The fourth-order valence-corrected chi connectivity index (χ4v) is 2.69. The van der Waals surface area contributed by atoms with Gasteiger partial charge in [-0.15, -0.1) is 12.4 Å². The van der Waals surface area contributed by atoms with Gasteiger partial charge in [-0.3, -0.25) is 0 Å². The Hall–Kier alpha value is -1.15. The maximum Gasteiger partial charge on any atom is 0.338 e. The first-order valence-electron chi connectivity index (χ1n) is 5.81. The standard InChI is InChI=1S/C12H18N2O4S.ClH/c1-9-8-10(4-5-11(9)12(15)18-2)19(16,17)14-7-3-6-13;/h4-5,8,14H,3,6-7,13H2,1-2H3;1H. The number of aryl methyl sites for hydroxylation is 1. The summed E-state index contributed by atoms with van der Waals surface area (Å²) in [5.41, 5.74) is 6.20. The van der Waals surface area contributed by atoms with E-state index in [0.717, 1.165) is 0 Å². The maximum absolute atomic E-state index is 11.9. The Morgan fingerprint density at radius 2 is 2.05 bits per heavy atom. The van der Waals surface area contributed by atoms with E-state index >= 15 is 0 Å². The van der Waals surface area contributed by atoms with Crippen LogP contribution in [-0.2, 0) is 14.8 Å². The molecule has 0 saturated carbocycles. The second-order valence-corrected chi connectivity index (χ2v) is 5.78. The molecule has 0 amide bonds. The molecule has 0 fully saturated rings. The SMILES string of the molecule is COC(=O)c1ccc(S(=O)(=O)NCCCN)cc1C.Cl. The van der Waals surface area contributed by atoms with Gasteiger partial charge in [0.05, 0.1) is 17.6 Å². The summed E-state index contributed by atoms with van der Waals surface area (Å²) in [7, 11) is -2.28. The average Bonchev–Trinajstić information content (AvgIpc) is 2.38. The van der Waals surface area contributed by atoms with E-state index in [2.05, 4.69) is 9.46 Å². The molecule has 114 valence electrons. The van der Waals surface area contributed by atoms with Crippen LogP contribution in [0, 0.1) is 6.92 Å². The van der Waals surface area contributed by atoms with E-state index in [0.29, 0.717) is 24.1 Å². The summed E-state index contributed by atoms with van der Waals surface area (Å²) < 4.78 is 30.9. The molecular weight excluding hydrogens is 304 g/mol. The zero-order chi connectivity index (χ0) is 14.5. The molecule has 0 aromatic heterocycles. The highest BCUT2D eigenvalue weighted by Crippen LogP contribution is 2.16. The van der Waals surface area contributed by atoms with Gasteiger partial charge in [0.15, 0.2) is 0 Å². The Labute approximate surface area is 125 Å². The van der Waals surface area contributed by atoms with Crippen molar-refractivity contribution in [2.75, 3.05) is 20.2 Å². The normalized spacial score (nSPS) is 10.8. The molecule has 8 heteroatoms. The first kappa shape index (κ1) is 18.9. The number of nitrogens with one attached hydrogen (secondary N) is 1. The molecule has 0 saturated heterocycles. The number of ether oxygens (including phenoxy) is 1. The van der Waals surface area contributed by atoms with E-state index < -0.39 is 16.0 Å². The molecule has 0 heterocycles. The van der Waals surface area contributed by atoms with Crippen molar-refractivity contribution in [3.63, 3.8) is 0 Å². The Kier molecular flexibility index (Phi) is 7.74. The Morgan fingerprint density at radius 3 is 2.55 bits per heavy atom. The number of hydrogen-bond acceptors (Lipinski definition) is 5. The number of benzene rings is 1. The molecule has 0 spiro atoms. The van der Waals surface area contributed by atoms with E-state index in [9.17, 15) is 13.2 Å². The van der Waals surface area contributed by atoms with Crippen LogP contribution in [0.5, 0.6) is 0 Å². The van der Waals surface area contributed by atoms with Crippen LogP contribution < -0.4 is 10.5 Å². The molecule has 0 unspecified atom stereocenters. The second-order valence-electron chi connectivity index (χ2n) is 4.01. The zero-order valence-corrected chi connectivity index (χ0v) is 13.0. The van der Waals surface area contributed by atoms with E-state index in [-0.39, 0.29) is 23.8 Å². The summed E-state index contributed by atoms with van der Waals surface area (Å²) in [4.78, 5) is 11.5. The molecule has 6 nitrogen and oxygen atoms in total. The van der Waals surface area contributed by atoms with Crippen molar-refractivity contribution in [1.29, 1.82) is 0 Å². The summed E-state index contributed by atoms with van der Waals surface area (Å²) >= 11 is 0. The fraction of sp³-hybridized carbons (Fsp3) is 0.417. The lowest BCUT2D eigenvalue weighted by atomic mass is 10.1. The number of rotatable bonds is 6. The van der Waals surface area contributed by atoms with E-state index in [1.54, 1.807) is 6.92 Å². The molecule has 0 aliphatic carbocycles. The molecule has 0 bridgehead atoms. The van der Waals surface area contributed by atoms with Crippen LogP contribution in [0.3, 0.4) is 0 Å². The third-order valence-corrected chi connectivity index (χ3v) is 4.05. The van der Waals surface area contributed by atoms with Crippen LogP contribution >= 0.6 is 12.4 Å². The van der Waals surface area contributed by atoms with Crippen molar-refractivity contribution >= 4 is 28.4 Å². The van der Waals surface area contributed by atoms with Gasteiger partial charge in [0.1, 0.15) is 0 Å². The van der Waals surface area contributed by atoms with Crippen LogP contribution in [0.1, 0.15) is 22.3 Å². The molecule has 3 N–H and O–H groups in total. The third kappa shape index (κ3) is 4.75. The minimum Gasteiger partial charge on any atom is -0.465 e. The van der Waals surface area contributed by atoms with E-state index in [1.807, 2.05) is 0 Å². The summed E-state index contributed by atoms with van der Waals surface area (Å²) in [6.45, 7) is 2.37. The molecule has 0 radical (unpaired) electrons. The third-order valence-electron chi connectivity index (χ3n) is 2.59. The lowest BCUT2D eigenvalue weighted by molar-refractivity contribution is 0.0600. The van der Waals surface area contributed by atoms with Crippen molar-refractivity contribution in [1.82, 2.24) is 4.72 Å². The summed E-state index contributed by atoms with van der Waals surface area (Å²) in [5, 5.41) is 0. The molecular formula is C12H19ClN2O4S. The average molecular weight is 323 g/mol. The van der Waals surface area contributed by atoms with Gasteiger partial charge in [0.25, 0.3) is 0 Å². The van der Waals surface area contributed by atoms with Gasteiger partial charge in [-0.05, 0) is 43.7 Å². The summed E-state index contributed by atoms with van der Waals surface area (Å²) in [6, 6.07) is 4.26. The van der Waals surface area contributed by atoms with E-state index in [1.165, 1.54) is 25.3 Å². The number of carbonyl (C=O) groups excluding carboxylic acids is 1. The number of hydrogen-bond donors (Lipinski definition) is 2. The van der Waals surface area contributed by atoms with Gasteiger partial charge in [-0.2, -0.15) is 0 Å². The summed E-state index contributed by atoms with van der Waals surface area (Å²) in [6.07, 6.45) is 0.568. The minimum atomic E-state index is -3.56. The Morgan fingerprint density at radius 1 is 1.40 bits per heavy atom. The smallest absolute Gasteiger partial charge is 0.338 e. The first-order chi connectivity index (χ1) is 8.92. The van der Waals surface area contributed by atoms with Gasteiger partial charge in [-0.25, -0.2) is 17.9 Å².